The molecule has 0 radical (unpaired) electrons. The zero-order chi connectivity index (χ0) is 24.0. The maximum Gasteiger partial charge on any atom is 0.261 e. The lowest BCUT2D eigenvalue weighted by atomic mass is 10.3. The molecule has 174 valence electrons. The van der Waals surface area contributed by atoms with Crippen molar-refractivity contribution < 1.29 is 22.7 Å². The number of ether oxygens (including phenoxy) is 2. The van der Waals surface area contributed by atoms with Gasteiger partial charge < -0.3 is 14.8 Å². The Kier molecular flexibility index (Phi) is 8.36. The van der Waals surface area contributed by atoms with E-state index < -0.39 is 10.0 Å². The number of nitrogens with one attached hydrogen (secondary N) is 2. The van der Waals surface area contributed by atoms with Crippen LogP contribution in [-0.2, 0) is 14.8 Å². The molecule has 0 spiro atoms. The van der Waals surface area contributed by atoms with Crippen LogP contribution in [0.4, 0.5) is 11.4 Å². The summed E-state index contributed by atoms with van der Waals surface area (Å²) in [5.41, 5.74) is 0.640. The summed E-state index contributed by atoms with van der Waals surface area (Å²) in [5.74, 6) is 1.10. The second-order valence-electron chi connectivity index (χ2n) is 6.58. The molecule has 0 fully saturated rings. The van der Waals surface area contributed by atoms with Crippen LogP contribution in [-0.4, -0.2) is 34.3 Å². The standard InChI is InChI=1S/C22H20Cl2N2O5S2/c1-30-19-11-8-15(12-20(19)31-2)32-13-21(27)25-14-6-9-16(10-7-14)33(28,29)26-18-5-3-4-17(23)22(18)24/h3-12,26H,13H2,1-2H3,(H,25,27). The smallest absolute Gasteiger partial charge is 0.261 e. The number of amides is 1. The molecule has 0 aliphatic heterocycles. The molecule has 33 heavy (non-hydrogen) atoms. The zero-order valence-corrected chi connectivity index (χ0v) is 20.7. The van der Waals surface area contributed by atoms with Crippen LogP contribution < -0.4 is 19.5 Å². The van der Waals surface area contributed by atoms with Crippen molar-refractivity contribution in [3.8, 4) is 11.5 Å². The number of hydrogen-bond acceptors (Lipinski definition) is 6. The Morgan fingerprint density at radius 1 is 0.970 bits per heavy atom. The van der Waals surface area contributed by atoms with Gasteiger partial charge in [-0.3, -0.25) is 9.52 Å². The van der Waals surface area contributed by atoms with Crippen LogP contribution in [0.15, 0.2) is 70.5 Å². The van der Waals surface area contributed by atoms with E-state index in [4.69, 9.17) is 32.7 Å². The monoisotopic (exact) mass is 526 g/mol. The molecule has 0 atom stereocenters. The Balaban J connectivity index is 1.61. The highest BCUT2D eigenvalue weighted by molar-refractivity contribution is 8.00. The van der Waals surface area contributed by atoms with E-state index in [-0.39, 0.29) is 32.3 Å². The average molecular weight is 527 g/mol. The minimum Gasteiger partial charge on any atom is -0.493 e. The molecular formula is C22H20Cl2N2O5S2. The molecule has 0 aliphatic carbocycles. The van der Waals surface area contributed by atoms with Gasteiger partial charge in [0.05, 0.1) is 40.6 Å². The summed E-state index contributed by atoms with van der Waals surface area (Å²) in [6.45, 7) is 0. The molecule has 0 aliphatic rings. The summed E-state index contributed by atoms with van der Waals surface area (Å²) >= 11 is 13.3. The van der Waals surface area contributed by atoms with Crippen LogP contribution in [0.3, 0.4) is 0 Å². The molecular weight excluding hydrogens is 507 g/mol. The second kappa shape index (κ2) is 11.0. The van der Waals surface area contributed by atoms with Gasteiger partial charge in [0.25, 0.3) is 10.0 Å². The Labute approximate surface area is 206 Å². The molecule has 0 aromatic heterocycles. The molecule has 7 nitrogen and oxygen atoms in total. The summed E-state index contributed by atoms with van der Waals surface area (Å²) in [6.07, 6.45) is 0. The van der Waals surface area contributed by atoms with Crippen LogP contribution in [0.5, 0.6) is 11.5 Å². The number of benzene rings is 3. The van der Waals surface area contributed by atoms with Crippen LogP contribution in [0.25, 0.3) is 0 Å². The van der Waals surface area contributed by atoms with Crippen molar-refractivity contribution in [1.29, 1.82) is 0 Å². The van der Waals surface area contributed by atoms with Crippen molar-refractivity contribution in [3.05, 3.63) is 70.7 Å². The molecule has 0 bridgehead atoms. The number of carbonyl (C=O) groups excluding carboxylic acids is 1. The lowest BCUT2D eigenvalue weighted by Crippen LogP contribution is -2.15. The van der Waals surface area contributed by atoms with Gasteiger partial charge in [0.1, 0.15) is 0 Å². The van der Waals surface area contributed by atoms with Crippen molar-refractivity contribution in [1.82, 2.24) is 0 Å². The summed E-state index contributed by atoms with van der Waals surface area (Å²) < 4.78 is 38.1. The molecule has 3 aromatic carbocycles. The maximum atomic E-state index is 12.6. The van der Waals surface area contributed by atoms with Crippen molar-refractivity contribution in [2.75, 3.05) is 30.0 Å². The van der Waals surface area contributed by atoms with Gasteiger partial charge >= 0.3 is 0 Å². The summed E-state index contributed by atoms with van der Waals surface area (Å²) in [4.78, 5) is 13.2. The Hall–Kier alpha value is -2.59. The number of rotatable bonds is 9. The first-order chi connectivity index (χ1) is 15.7. The van der Waals surface area contributed by atoms with E-state index in [9.17, 15) is 13.2 Å². The SMILES string of the molecule is COc1ccc(SCC(=O)Nc2ccc(S(=O)(=O)Nc3cccc(Cl)c3Cl)cc2)cc1OC. The first-order valence-corrected chi connectivity index (χ1v) is 12.7. The van der Waals surface area contributed by atoms with E-state index in [1.165, 1.54) is 42.1 Å². The first kappa shape index (κ1) is 25.0. The maximum absolute atomic E-state index is 12.6. The van der Waals surface area contributed by atoms with Gasteiger partial charge in [-0.05, 0) is 54.6 Å². The third-order valence-corrected chi connectivity index (χ3v) is 7.56. The van der Waals surface area contributed by atoms with Gasteiger partial charge in [0.2, 0.25) is 5.91 Å². The topological polar surface area (TPSA) is 93.7 Å². The number of sulfonamides is 1. The highest BCUT2D eigenvalue weighted by Gasteiger charge is 2.17. The fourth-order valence-electron chi connectivity index (χ4n) is 2.76. The van der Waals surface area contributed by atoms with E-state index >= 15 is 0 Å². The minimum atomic E-state index is -3.89. The summed E-state index contributed by atoms with van der Waals surface area (Å²) in [6, 6.07) is 15.8. The largest absolute Gasteiger partial charge is 0.493 e. The van der Waals surface area contributed by atoms with Gasteiger partial charge in [0.15, 0.2) is 11.5 Å². The molecule has 3 rings (SSSR count). The van der Waals surface area contributed by atoms with Gasteiger partial charge in [-0.25, -0.2) is 8.42 Å². The third-order valence-electron chi connectivity index (χ3n) is 4.37. The second-order valence-corrected chi connectivity index (χ2v) is 10.1. The fourth-order valence-corrected chi connectivity index (χ4v) is 4.96. The lowest BCUT2D eigenvalue weighted by Gasteiger charge is -2.11. The Morgan fingerprint density at radius 2 is 1.67 bits per heavy atom. The van der Waals surface area contributed by atoms with Gasteiger partial charge in [-0.1, -0.05) is 29.3 Å². The number of hydrogen-bond donors (Lipinski definition) is 2. The van der Waals surface area contributed by atoms with Gasteiger partial charge in [-0.2, -0.15) is 0 Å². The Bertz CT molecular complexity index is 1250. The Morgan fingerprint density at radius 3 is 2.33 bits per heavy atom. The van der Waals surface area contributed by atoms with Crippen LogP contribution in [0.2, 0.25) is 10.0 Å². The number of anilines is 2. The number of thioether (sulfide) groups is 1. The molecule has 0 saturated carbocycles. The number of halogens is 2. The average Bonchev–Trinajstić information content (AvgIpc) is 2.80. The molecule has 0 unspecified atom stereocenters. The third kappa shape index (κ3) is 6.48. The van der Waals surface area contributed by atoms with Crippen molar-refractivity contribution >= 4 is 62.3 Å². The zero-order valence-electron chi connectivity index (χ0n) is 17.6. The highest BCUT2D eigenvalue weighted by Crippen LogP contribution is 2.32. The predicted molar refractivity (Wildman–Crippen MR) is 133 cm³/mol. The van der Waals surface area contributed by atoms with Gasteiger partial charge in [0, 0.05) is 10.6 Å². The van der Waals surface area contributed by atoms with E-state index in [1.807, 2.05) is 6.07 Å². The summed E-state index contributed by atoms with van der Waals surface area (Å²) in [7, 11) is -0.792. The number of methoxy groups -OCH3 is 2. The molecule has 1 amide bonds. The number of carbonyl (C=O) groups is 1. The van der Waals surface area contributed by atoms with E-state index in [0.29, 0.717) is 17.2 Å². The van der Waals surface area contributed by atoms with Crippen molar-refractivity contribution in [2.24, 2.45) is 0 Å². The first-order valence-electron chi connectivity index (χ1n) is 9.45. The van der Waals surface area contributed by atoms with E-state index in [1.54, 1.807) is 38.5 Å². The normalized spacial score (nSPS) is 11.0. The van der Waals surface area contributed by atoms with Crippen LogP contribution in [0.1, 0.15) is 0 Å². The van der Waals surface area contributed by atoms with Gasteiger partial charge in [-0.15, -0.1) is 11.8 Å². The van der Waals surface area contributed by atoms with E-state index in [0.717, 1.165) is 4.90 Å². The van der Waals surface area contributed by atoms with Crippen molar-refractivity contribution in [2.45, 2.75) is 9.79 Å². The van der Waals surface area contributed by atoms with Crippen LogP contribution in [0, 0.1) is 0 Å². The molecule has 11 heteroatoms. The van der Waals surface area contributed by atoms with Crippen molar-refractivity contribution in [3.63, 3.8) is 0 Å². The molecule has 2 N–H and O–H groups in total. The highest BCUT2D eigenvalue weighted by atomic mass is 35.5. The summed E-state index contributed by atoms with van der Waals surface area (Å²) in [5, 5.41) is 3.09. The quantitative estimate of drug-likeness (QED) is 0.355. The molecule has 0 saturated heterocycles. The van der Waals surface area contributed by atoms with Crippen LogP contribution >= 0.6 is 35.0 Å². The molecule has 3 aromatic rings. The fraction of sp³-hybridized carbons (Fsp3) is 0.136. The predicted octanol–water partition coefficient (Wildman–Crippen LogP) is 5.54. The minimum absolute atomic E-state index is 0.0104. The molecule has 0 heterocycles. The lowest BCUT2D eigenvalue weighted by molar-refractivity contribution is -0.113. The van der Waals surface area contributed by atoms with E-state index in [2.05, 4.69) is 10.0 Å².